The van der Waals surface area contributed by atoms with Crippen LogP contribution >= 0.6 is 0 Å². The van der Waals surface area contributed by atoms with Gasteiger partial charge in [0.15, 0.2) is 6.61 Å². The molecule has 3 aromatic rings. The second kappa shape index (κ2) is 11.0. The zero-order valence-electron chi connectivity index (χ0n) is 20.9. The topological polar surface area (TPSA) is 140 Å². The van der Waals surface area contributed by atoms with Crippen LogP contribution in [0.5, 0.6) is 0 Å². The number of nitrogens with zero attached hydrogens (tertiary/aromatic N) is 4. The van der Waals surface area contributed by atoms with Gasteiger partial charge in [0.25, 0.3) is 11.5 Å². The maximum absolute atomic E-state index is 13.2. The molecule has 4 rings (SSSR count). The third kappa shape index (κ3) is 5.68. The summed E-state index contributed by atoms with van der Waals surface area (Å²) >= 11 is 0. The molecule has 1 saturated heterocycles. The van der Waals surface area contributed by atoms with E-state index in [1.165, 1.54) is 42.7 Å². The van der Waals surface area contributed by atoms with E-state index in [0.717, 1.165) is 20.9 Å². The first-order valence-corrected chi connectivity index (χ1v) is 13.2. The molecule has 1 aliphatic heterocycles. The molecule has 0 spiro atoms. The van der Waals surface area contributed by atoms with E-state index >= 15 is 0 Å². The molecule has 0 unspecified atom stereocenters. The molecular formula is C25H27N5O7S. The maximum atomic E-state index is 13.2. The number of anilines is 2. The van der Waals surface area contributed by atoms with Gasteiger partial charge in [0, 0.05) is 52.0 Å². The Morgan fingerprint density at radius 1 is 0.895 bits per heavy atom. The van der Waals surface area contributed by atoms with Crippen LogP contribution in [0.2, 0.25) is 0 Å². The third-order valence-electron chi connectivity index (χ3n) is 6.20. The molecule has 0 aliphatic carbocycles. The van der Waals surface area contributed by atoms with Gasteiger partial charge >= 0.3 is 11.7 Å². The van der Waals surface area contributed by atoms with Crippen molar-refractivity contribution in [2.45, 2.75) is 4.90 Å². The Hall–Kier alpha value is -4.23. The fourth-order valence-corrected chi connectivity index (χ4v) is 5.47. The Labute approximate surface area is 218 Å². The van der Waals surface area contributed by atoms with Crippen molar-refractivity contribution in [2.75, 3.05) is 43.0 Å². The lowest BCUT2D eigenvalue weighted by Gasteiger charge is -2.35. The number of hydrogen-bond donors (Lipinski definition) is 1. The molecule has 1 fully saturated rings. The number of sulfonamides is 1. The van der Waals surface area contributed by atoms with E-state index < -0.39 is 39.8 Å². The molecule has 0 saturated carbocycles. The molecule has 2 aromatic carbocycles. The standard InChI is InChI=1S/C25H27N5O7S/c1-27-21(16-23(32)28(2)25(27)34)26-22(31)17-37-24(33)18-7-6-10-20(15-18)38(35,36)30-13-11-29(12-14-30)19-8-4-3-5-9-19/h3-10,15-16H,11-14,17H2,1-2H3,(H,26,31). The van der Waals surface area contributed by atoms with Gasteiger partial charge in [-0.15, -0.1) is 0 Å². The van der Waals surface area contributed by atoms with Crippen molar-refractivity contribution in [1.29, 1.82) is 0 Å². The quantitative estimate of drug-likeness (QED) is 0.424. The number of piperazine rings is 1. The highest BCUT2D eigenvalue weighted by Gasteiger charge is 2.29. The number of para-hydroxylation sites is 1. The molecule has 12 nitrogen and oxygen atoms in total. The van der Waals surface area contributed by atoms with Crippen LogP contribution < -0.4 is 21.5 Å². The normalized spacial score (nSPS) is 14.2. The predicted molar refractivity (Wildman–Crippen MR) is 140 cm³/mol. The number of esters is 1. The number of ether oxygens (including phenoxy) is 1. The van der Waals surface area contributed by atoms with Crippen molar-refractivity contribution in [3.63, 3.8) is 0 Å². The zero-order chi connectivity index (χ0) is 27.4. The molecule has 2 heterocycles. The Morgan fingerprint density at radius 2 is 1.58 bits per heavy atom. The zero-order valence-corrected chi connectivity index (χ0v) is 21.7. The maximum Gasteiger partial charge on any atom is 0.338 e. The predicted octanol–water partition coefficient (Wildman–Crippen LogP) is 0.390. The lowest BCUT2D eigenvalue weighted by molar-refractivity contribution is -0.119. The second-order valence-corrected chi connectivity index (χ2v) is 10.6. The van der Waals surface area contributed by atoms with Crippen molar-refractivity contribution in [2.24, 2.45) is 14.1 Å². The van der Waals surface area contributed by atoms with Crippen molar-refractivity contribution >= 4 is 33.4 Å². The minimum Gasteiger partial charge on any atom is -0.452 e. The summed E-state index contributed by atoms with van der Waals surface area (Å²) in [6.45, 7) is 0.924. The van der Waals surface area contributed by atoms with Crippen molar-refractivity contribution in [3.05, 3.63) is 87.1 Å². The lowest BCUT2D eigenvalue weighted by Crippen LogP contribution is -2.48. The van der Waals surface area contributed by atoms with Gasteiger partial charge in [-0.3, -0.25) is 18.7 Å². The molecule has 0 bridgehead atoms. The Kier molecular flexibility index (Phi) is 7.78. The summed E-state index contributed by atoms with van der Waals surface area (Å²) in [7, 11) is -1.18. The van der Waals surface area contributed by atoms with E-state index in [1.807, 2.05) is 30.3 Å². The largest absolute Gasteiger partial charge is 0.452 e. The summed E-state index contributed by atoms with van der Waals surface area (Å²) in [5.74, 6) is -1.73. The van der Waals surface area contributed by atoms with Crippen LogP contribution in [0.4, 0.5) is 11.5 Å². The molecule has 1 amide bonds. The van der Waals surface area contributed by atoms with Gasteiger partial charge in [0.1, 0.15) is 5.82 Å². The summed E-state index contributed by atoms with van der Waals surface area (Å²) in [6, 6.07) is 16.2. The van der Waals surface area contributed by atoms with Crippen LogP contribution in [-0.4, -0.2) is 66.5 Å². The molecule has 200 valence electrons. The molecule has 1 aromatic heterocycles. The van der Waals surface area contributed by atoms with E-state index in [-0.39, 0.29) is 29.4 Å². The second-order valence-electron chi connectivity index (χ2n) is 8.65. The Bertz CT molecular complexity index is 1570. The van der Waals surface area contributed by atoms with Crippen LogP contribution in [0.1, 0.15) is 10.4 Å². The summed E-state index contributed by atoms with van der Waals surface area (Å²) in [5, 5.41) is 2.35. The minimum atomic E-state index is -3.86. The van der Waals surface area contributed by atoms with Gasteiger partial charge in [0.05, 0.1) is 10.5 Å². The molecule has 0 radical (unpaired) electrons. The molecule has 1 aliphatic rings. The fourth-order valence-electron chi connectivity index (χ4n) is 4.00. The highest BCUT2D eigenvalue weighted by Crippen LogP contribution is 2.22. The smallest absolute Gasteiger partial charge is 0.338 e. The number of rotatable bonds is 7. The monoisotopic (exact) mass is 541 g/mol. The highest BCUT2D eigenvalue weighted by atomic mass is 32.2. The Balaban J connectivity index is 1.38. The Morgan fingerprint density at radius 3 is 2.26 bits per heavy atom. The SMILES string of the molecule is Cn1c(NC(=O)COC(=O)c2cccc(S(=O)(=O)N3CCN(c4ccccc4)CC3)c2)cc(=O)n(C)c1=O. The van der Waals surface area contributed by atoms with E-state index in [0.29, 0.717) is 13.1 Å². The number of nitrogens with one attached hydrogen (secondary N) is 1. The number of amides is 1. The summed E-state index contributed by atoms with van der Waals surface area (Å²) < 4.78 is 34.8. The van der Waals surface area contributed by atoms with Crippen molar-refractivity contribution in [3.8, 4) is 0 Å². The van der Waals surface area contributed by atoms with E-state index in [1.54, 1.807) is 0 Å². The van der Waals surface area contributed by atoms with Gasteiger partial charge in [-0.2, -0.15) is 4.31 Å². The van der Waals surface area contributed by atoms with Gasteiger partial charge in [-0.25, -0.2) is 18.0 Å². The van der Waals surface area contributed by atoms with Crippen molar-refractivity contribution < 1.29 is 22.7 Å². The van der Waals surface area contributed by atoms with E-state index in [4.69, 9.17) is 4.74 Å². The molecule has 13 heteroatoms. The summed E-state index contributed by atoms with van der Waals surface area (Å²) in [6.07, 6.45) is 0. The number of carbonyl (C=O) groups excluding carboxylic acids is 2. The number of aromatic nitrogens is 2. The number of carbonyl (C=O) groups is 2. The average Bonchev–Trinajstić information content (AvgIpc) is 2.94. The number of hydrogen-bond acceptors (Lipinski definition) is 8. The molecule has 0 atom stereocenters. The minimum absolute atomic E-state index is 0.0391. The first kappa shape index (κ1) is 26.8. The number of benzene rings is 2. The van der Waals surface area contributed by atoms with Gasteiger partial charge < -0.3 is 15.0 Å². The van der Waals surface area contributed by atoms with Crippen LogP contribution in [0.3, 0.4) is 0 Å². The van der Waals surface area contributed by atoms with Gasteiger partial charge in [-0.1, -0.05) is 24.3 Å². The first-order valence-electron chi connectivity index (χ1n) is 11.7. The first-order chi connectivity index (χ1) is 18.1. The lowest BCUT2D eigenvalue weighted by atomic mass is 10.2. The molecule has 38 heavy (non-hydrogen) atoms. The molecular weight excluding hydrogens is 514 g/mol. The highest BCUT2D eigenvalue weighted by molar-refractivity contribution is 7.89. The summed E-state index contributed by atoms with van der Waals surface area (Å²) in [4.78, 5) is 50.7. The summed E-state index contributed by atoms with van der Waals surface area (Å²) in [5.41, 5.74) is -0.262. The fraction of sp³-hybridized carbons (Fsp3) is 0.280. The van der Waals surface area contributed by atoms with E-state index in [2.05, 4.69) is 10.2 Å². The van der Waals surface area contributed by atoms with Crippen LogP contribution in [0, 0.1) is 0 Å². The van der Waals surface area contributed by atoms with Crippen LogP contribution in [0.25, 0.3) is 0 Å². The van der Waals surface area contributed by atoms with Crippen molar-refractivity contribution in [1.82, 2.24) is 13.4 Å². The van der Waals surface area contributed by atoms with Crippen LogP contribution in [0.15, 0.2) is 75.1 Å². The molecule has 1 N–H and O–H groups in total. The van der Waals surface area contributed by atoms with Crippen LogP contribution in [-0.2, 0) is 33.7 Å². The average molecular weight is 542 g/mol. The van der Waals surface area contributed by atoms with E-state index in [9.17, 15) is 27.6 Å². The van der Waals surface area contributed by atoms with Gasteiger partial charge in [0.2, 0.25) is 10.0 Å². The third-order valence-corrected chi connectivity index (χ3v) is 8.09. The van der Waals surface area contributed by atoms with Gasteiger partial charge in [-0.05, 0) is 30.3 Å².